The number of aryl methyl sites for hydroxylation is 3. The molecule has 0 saturated heterocycles. The number of nitrogens with one attached hydrogen (secondary N) is 2. The van der Waals surface area contributed by atoms with Crippen molar-refractivity contribution >= 4 is 21.6 Å². The average molecular weight is 360 g/mol. The van der Waals surface area contributed by atoms with E-state index in [0.717, 1.165) is 23.1 Å². The maximum atomic E-state index is 12.8. The summed E-state index contributed by atoms with van der Waals surface area (Å²) in [5.74, 6) is -0.276. The van der Waals surface area contributed by atoms with Gasteiger partial charge in [-0.05, 0) is 56.0 Å². The van der Waals surface area contributed by atoms with Crippen molar-refractivity contribution in [3.63, 3.8) is 0 Å². The van der Waals surface area contributed by atoms with E-state index in [9.17, 15) is 13.2 Å². The molecule has 0 aliphatic heterocycles. The largest absolute Gasteiger partial charge is 0.352 e. The fraction of sp³-hybridized carbons (Fsp3) is 0.316. The Morgan fingerprint density at radius 1 is 1.04 bits per heavy atom. The molecule has 25 heavy (non-hydrogen) atoms. The second-order valence-corrected chi connectivity index (χ2v) is 7.59. The molecule has 0 radical (unpaired) electrons. The molecule has 2 rings (SSSR count). The lowest BCUT2D eigenvalue weighted by Gasteiger charge is -2.15. The third kappa shape index (κ3) is 4.20. The summed E-state index contributed by atoms with van der Waals surface area (Å²) < 4.78 is 28.3. The Morgan fingerprint density at radius 3 is 2.40 bits per heavy atom. The first-order valence-corrected chi connectivity index (χ1v) is 9.78. The van der Waals surface area contributed by atoms with Gasteiger partial charge in [0.2, 0.25) is 0 Å². The van der Waals surface area contributed by atoms with Gasteiger partial charge in [0, 0.05) is 12.1 Å². The maximum Gasteiger partial charge on any atom is 0.261 e. The van der Waals surface area contributed by atoms with Gasteiger partial charge in [0.25, 0.3) is 15.9 Å². The van der Waals surface area contributed by atoms with Crippen LogP contribution >= 0.6 is 0 Å². The number of amides is 1. The van der Waals surface area contributed by atoms with E-state index in [0.29, 0.717) is 17.8 Å². The van der Waals surface area contributed by atoms with Crippen molar-refractivity contribution in [1.29, 1.82) is 0 Å². The van der Waals surface area contributed by atoms with Gasteiger partial charge < -0.3 is 5.32 Å². The molecule has 0 fully saturated rings. The second-order valence-electron chi connectivity index (χ2n) is 5.90. The summed E-state index contributed by atoms with van der Waals surface area (Å²) in [6, 6.07) is 10.3. The summed E-state index contributed by atoms with van der Waals surface area (Å²) in [5.41, 5.74) is 3.49. The van der Waals surface area contributed by atoms with Crippen molar-refractivity contribution in [2.75, 3.05) is 11.3 Å². The van der Waals surface area contributed by atoms with Crippen LogP contribution in [0.3, 0.4) is 0 Å². The van der Waals surface area contributed by atoms with Gasteiger partial charge in [-0.25, -0.2) is 8.42 Å². The molecule has 0 aliphatic rings. The molecule has 0 aromatic heterocycles. The van der Waals surface area contributed by atoms with E-state index in [4.69, 9.17) is 0 Å². The molecule has 1 amide bonds. The number of carbonyl (C=O) groups excluding carboxylic acids is 1. The summed E-state index contributed by atoms with van der Waals surface area (Å²) in [6.07, 6.45) is 0.720. The van der Waals surface area contributed by atoms with Crippen molar-refractivity contribution in [1.82, 2.24) is 5.32 Å². The van der Waals surface area contributed by atoms with Crippen LogP contribution in [0, 0.1) is 13.8 Å². The highest BCUT2D eigenvalue weighted by Gasteiger charge is 2.19. The highest BCUT2D eigenvalue weighted by Crippen LogP contribution is 2.25. The molecular formula is C19H24N2O3S. The van der Waals surface area contributed by atoms with E-state index < -0.39 is 10.0 Å². The summed E-state index contributed by atoms with van der Waals surface area (Å²) >= 11 is 0. The standard InChI is InChI=1S/C19H24N2O3S/c1-5-15-9-7-8-14(4)18(15)21-25(23,24)16-11-10-13(3)17(12-16)19(22)20-6-2/h7-12,21H,5-6H2,1-4H3,(H,20,22). The molecule has 0 unspecified atom stereocenters. The van der Waals surface area contributed by atoms with E-state index in [1.165, 1.54) is 12.1 Å². The molecule has 134 valence electrons. The van der Waals surface area contributed by atoms with Gasteiger partial charge in [0.15, 0.2) is 0 Å². The number of carbonyl (C=O) groups is 1. The van der Waals surface area contributed by atoms with Gasteiger partial charge in [-0.3, -0.25) is 9.52 Å². The second kappa shape index (κ2) is 7.70. The zero-order chi connectivity index (χ0) is 18.6. The van der Waals surface area contributed by atoms with Gasteiger partial charge in [-0.2, -0.15) is 0 Å². The number of hydrogen-bond acceptors (Lipinski definition) is 3. The molecule has 0 saturated carbocycles. The first kappa shape index (κ1) is 19.0. The zero-order valence-corrected chi connectivity index (χ0v) is 15.8. The number of rotatable bonds is 6. The Morgan fingerprint density at radius 2 is 1.76 bits per heavy atom. The molecule has 0 atom stereocenters. The Kier molecular flexibility index (Phi) is 5.85. The predicted molar refractivity (Wildman–Crippen MR) is 101 cm³/mol. The van der Waals surface area contributed by atoms with Crippen LogP contribution in [0.5, 0.6) is 0 Å². The molecule has 0 spiro atoms. The van der Waals surface area contributed by atoms with Crippen molar-refractivity contribution in [2.45, 2.75) is 39.0 Å². The number of sulfonamides is 1. The number of anilines is 1. The normalized spacial score (nSPS) is 11.2. The highest BCUT2D eigenvalue weighted by molar-refractivity contribution is 7.92. The summed E-state index contributed by atoms with van der Waals surface area (Å²) in [4.78, 5) is 12.2. The molecule has 2 aromatic carbocycles. The number of hydrogen-bond donors (Lipinski definition) is 2. The van der Waals surface area contributed by atoms with E-state index in [1.807, 2.05) is 39.0 Å². The molecule has 2 N–H and O–H groups in total. The predicted octanol–water partition coefficient (Wildman–Crippen LogP) is 3.42. The van der Waals surface area contributed by atoms with Gasteiger partial charge in [-0.1, -0.05) is 31.2 Å². The Hall–Kier alpha value is -2.34. The minimum atomic E-state index is -3.79. The van der Waals surface area contributed by atoms with E-state index >= 15 is 0 Å². The Bertz CT molecular complexity index is 890. The monoisotopic (exact) mass is 360 g/mol. The van der Waals surface area contributed by atoms with Crippen LogP contribution in [0.1, 0.15) is 40.9 Å². The number of benzene rings is 2. The highest BCUT2D eigenvalue weighted by atomic mass is 32.2. The topological polar surface area (TPSA) is 75.3 Å². The van der Waals surface area contributed by atoms with Gasteiger partial charge in [0.1, 0.15) is 0 Å². The van der Waals surface area contributed by atoms with Crippen molar-refractivity contribution in [3.8, 4) is 0 Å². The first-order chi connectivity index (χ1) is 11.8. The van der Waals surface area contributed by atoms with Gasteiger partial charge in [-0.15, -0.1) is 0 Å². The third-order valence-corrected chi connectivity index (χ3v) is 5.43. The van der Waals surface area contributed by atoms with Crippen LogP contribution in [0.15, 0.2) is 41.3 Å². The van der Waals surface area contributed by atoms with Crippen LogP contribution in [0.2, 0.25) is 0 Å². The Balaban J connectivity index is 2.44. The van der Waals surface area contributed by atoms with Crippen molar-refractivity contribution < 1.29 is 13.2 Å². The fourth-order valence-corrected chi connectivity index (χ4v) is 3.83. The fourth-order valence-electron chi connectivity index (χ4n) is 2.63. The quantitative estimate of drug-likeness (QED) is 0.829. The molecule has 5 nitrogen and oxygen atoms in total. The lowest BCUT2D eigenvalue weighted by atomic mass is 10.1. The van der Waals surface area contributed by atoms with Crippen LogP contribution in [0.4, 0.5) is 5.69 Å². The minimum absolute atomic E-state index is 0.0738. The van der Waals surface area contributed by atoms with Crippen molar-refractivity contribution in [3.05, 3.63) is 58.7 Å². The van der Waals surface area contributed by atoms with Gasteiger partial charge >= 0.3 is 0 Å². The van der Waals surface area contributed by atoms with E-state index in [1.54, 1.807) is 13.0 Å². The number of para-hydroxylation sites is 1. The summed E-state index contributed by atoms with van der Waals surface area (Å²) in [6.45, 7) is 7.93. The smallest absolute Gasteiger partial charge is 0.261 e. The molecule has 0 aliphatic carbocycles. The zero-order valence-electron chi connectivity index (χ0n) is 15.0. The first-order valence-electron chi connectivity index (χ1n) is 8.30. The van der Waals surface area contributed by atoms with Crippen LogP contribution in [-0.4, -0.2) is 20.9 Å². The SMILES string of the molecule is CCNC(=O)c1cc(S(=O)(=O)Nc2c(C)cccc2CC)ccc1C. The van der Waals surface area contributed by atoms with E-state index in [2.05, 4.69) is 10.0 Å². The van der Waals surface area contributed by atoms with Gasteiger partial charge in [0.05, 0.1) is 10.6 Å². The van der Waals surface area contributed by atoms with Crippen LogP contribution < -0.4 is 10.0 Å². The van der Waals surface area contributed by atoms with E-state index in [-0.39, 0.29) is 10.8 Å². The summed E-state index contributed by atoms with van der Waals surface area (Å²) in [7, 11) is -3.79. The maximum absolute atomic E-state index is 12.8. The lowest BCUT2D eigenvalue weighted by molar-refractivity contribution is 0.0955. The molecule has 6 heteroatoms. The van der Waals surface area contributed by atoms with Crippen molar-refractivity contribution in [2.24, 2.45) is 0 Å². The lowest BCUT2D eigenvalue weighted by Crippen LogP contribution is -2.24. The Labute approximate surface area is 149 Å². The average Bonchev–Trinajstić information content (AvgIpc) is 2.57. The van der Waals surface area contributed by atoms with Crippen LogP contribution in [-0.2, 0) is 16.4 Å². The molecule has 2 aromatic rings. The molecule has 0 heterocycles. The molecule has 0 bridgehead atoms. The third-order valence-electron chi connectivity index (χ3n) is 4.08. The minimum Gasteiger partial charge on any atom is -0.352 e. The molecular weight excluding hydrogens is 336 g/mol. The van der Waals surface area contributed by atoms with Crippen LogP contribution in [0.25, 0.3) is 0 Å². The summed E-state index contributed by atoms with van der Waals surface area (Å²) in [5, 5.41) is 2.70.